The first-order chi connectivity index (χ1) is 8.81. The third-order valence-electron chi connectivity index (χ3n) is 5.27. The summed E-state index contributed by atoms with van der Waals surface area (Å²) in [7, 11) is 0. The molecule has 1 aliphatic carbocycles. The van der Waals surface area contributed by atoms with Crippen LogP contribution in [0.3, 0.4) is 0 Å². The van der Waals surface area contributed by atoms with Gasteiger partial charge >= 0.3 is 0 Å². The number of hydrogen-bond donors (Lipinski definition) is 1. The predicted octanol–water partition coefficient (Wildman–Crippen LogP) is 2.14. The fourth-order valence-corrected chi connectivity index (χ4v) is 3.84. The molecule has 3 heteroatoms. The van der Waals surface area contributed by atoms with Crippen molar-refractivity contribution in [3.05, 3.63) is 0 Å². The smallest absolute Gasteiger partial charge is 0.0628 e. The number of rotatable bonds is 4. The highest BCUT2D eigenvalue weighted by Crippen LogP contribution is 2.49. The van der Waals surface area contributed by atoms with Crippen molar-refractivity contribution in [1.82, 2.24) is 10.2 Å². The Morgan fingerprint density at radius 1 is 1.22 bits per heavy atom. The summed E-state index contributed by atoms with van der Waals surface area (Å²) in [5, 5.41) is 12.5. The molecule has 0 radical (unpaired) electrons. The molecule has 3 rings (SSSR count). The van der Waals surface area contributed by atoms with E-state index in [4.69, 9.17) is 5.26 Å². The Labute approximate surface area is 111 Å². The molecule has 1 atom stereocenters. The third-order valence-corrected chi connectivity index (χ3v) is 5.27. The molecule has 3 nitrogen and oxygen atoms in total. The van der Waals surface area contributed by atoms with E-state index in [0.29, 0.717) is 5.41 Å². The zero-order valence-corrected chi connectivity index (χ0v) is 11.3. The van der Waals surface area contributed by atoms with Gasteiger partial charge in [0.05, 0.1) is 6.07 Å². The molecule has 0 amide bonds. The van der Waals surface area contributed by atoms with Gasteiger partial charge in [0.1, 0.15) is 0 Å². The summed E-state index contributed by atoms with van der Waals surface area (Å²) in [5.74, 6) is 0.912. The van der Waals surface area contributed by atoms with Gasteiger partial charge in [-0.15, -0.1) is 0 Å². The van der Waals surface area contributed by atoms with Crippen LogP contribution in [-0.2, 0) is 0 Å². The average molecular weight is 247 g/mol. The van der Waals surface area contributed by atoms with Gasteiger partial charge in [-0.3, -0.25) is 0 Å². The van der Waals surface area contributed by atoms with E-state index in [1.165, 1.54) is 64.7 Å². The molecule has 2 saturated heterocycles. The summed E-state index contributed by atoms with van der Waals surface area (Å²) in [6.07, 6.45) is 8.83. The second kappa shape index (κ2) is 5.19. The first kappa shape index (κ1) is 12.4. The van der Waals surface area contributed by atoms with E-state index in [2.05, 4.69) is 16.3 Å². The zero-order valence-electron chi connectivity index (χ0n) is 11.3. The van der Waals surface area contributed by atoms with Crippen molar-refractivity contribution in [2.75, 3.05) is 26.2 Å². The van der Waals surface area contributed by atoms with Gasteiger partial charge in [-0.25, -0.2) is 0 Å². The number of nitrogens with zero attached hydrogens (tertiary/aromatic N) is 2. The van der Waals surface area contributed by atoms with Gasteiger partial charge in [-0.2, -0.15) is 5.26 Å². The number of nitrogens with one attached hydrogen (secondary N) is 1. The number of piperidine rings is 1. The highest BCUT2D eigenvalue weighted by Gasteiger charge is 2.44. The van der Waals surface area contributed by atoms with E-state index in [1.807, 2.05) is 0 Å². The minimum Gasteiger partial charge on any atom is -0.314 e. The maximum Gasteiger partial charge on any atom is 0.0628 e. The molecule has 1 saturated carbocycles. The summed E-state index contributed by atoms with van der Waals surface area (Å²) in [6, 6.07) is 3.18. The van der Waals surface area contributed by atoms with Crippen LogP contribution >= 0.6 is 0 Å². The van der Waals surface area contributed by atoms with Gasteiger partial charge < -0.3 is 10.2 Å². The van der Waals surface area contributed by atoms with Crippen LogP contribution in [0.25, 0.3) is 0 Å². The second-order valence-corrected chi connectivity index (χ2v) is 6.65. The maximum absolute atomic E-state index is 8.88. The normalized spacial score (nSPS) is 32.3. The van der Waals surface area contributed by atoms with Crippen molar-refractivity contribution in [2.24, 2.45) is 11.3 Å². The molecule has 2 heterocycles. The molecule has 1 N–H and O–H groups in total. The van der Waals surface area contributed by atoms with Crippen LogP contribution < -0.4 is 5.32 Å². The molecule has 0 aromatic rings. The Balaban J connectivity index is 1.44. The van der Waals surface area contributed by atoms with Crippen molar-refractivity contribution < 1.29 is 0 Å². The van der Waals surface area contributed by atoms with E-state index in [9.17, 15) is 0 Å². The predicted molar refractivity (Wildman–Crippen MR) is 72.1 cm³/mol. The second-order valence-electron chi connectivity index (χ2n) is 6.65. The number of likely N-dealkylation sites (tertiary alicyclic amines) is 1. The van der Waals surface area contributed by atoms with Gasteiger partial charge in [0.2, 0.25) is 0 Å². The van der Waals surface area contributed by atoms with Gasteiger partial charge in [0, 0.05) is 19.0 Å². The number of hydrogen-bond acceptors (Lipinski definition) is 3. The van der Waals surface area contributed by atoms with E-state index in [1.54, 1.807) is 0 Å². The molecule has 0 bridgehead atoms. The molecular weight excluding hydrogens is 222 g/mol. The summed E-state index contributed by atoms with van der Waals surface area (Å²) < 4.78 is 0. The Morgan fingerprint density at radius 2 is 2.00 bits per heavy atom. The lowest BCUT2D eigenvalue weighted by Gasteiger charge is -2.36. The fourth-order valence-electron chi connectivity index (χ4n) is 3.84. The SMILES string of the molecule is N#CCC1(CN2CCC(C3CCCN3)CC2)CC1. The minimum absolute atomic E-state index is 0.396. The summed E-state index contributed by atoms with van der Waals surface area (Å²) in [5.41, 5.74) is 0.396. The quantitative estimate of drug-likeness (QED) is 0.827. The standard InChI is InChI=1S/C15H25N3/c16-8-7-15(5-6-15)12-18-10-3-13(4-11-18)14-2-1-9-17-14/h13-14,17H,1-7,9-12H2. The van der Waals surface area contributed by atoms with Crippen LogP contribution in [0.2, 0.25) is 0 Å². The first-order valence-electron chi connectivity index (χ1n) is 7.64. The Hall–Kier alpha value is -0.590. The van der Waals surface area contributed by atoms with Gasteiger partial charge in [-0.05, 0) is 69.5 Å². The lowest BCUT2D eigenvalue weighted by Crippen LogP contribution is -2.42. The average Bonchev–Trinajstić information content (AvgIpc) is 2.94. The molecule has 100 valence electrons. The van der Waals surface area contributed by atoms with Crippen LogP contribution in [0, 0.1) is 22.7 Å². The maximum atomic E-state index is 8.88. The Morgan fingerprint density at radius 3 is 2.56 bits per heavy atom. The van der Waals surface area contributed by atoms with Crippen molar-refractivity contribution in [3.8, 4) is 6.07 Å². The molecule has 2 aliphatic heterocycles. The van der Waals surface area contributed by atoms with E-state index in [-0.39, 0.29) is 0 Å². The van der Waals surface area contributed by atoms with E-state index in [0.717, 1.165) is 18.4 Å². The monoisotopic (exact) mass is 247 g/mol. The lowest BCUT2D eigenvalue weighted by molar-refractivity contribution is 0.139. The van der Waals surface area contributed by atoms with Crippen LogP contribution in [0.4, 0.5) is 0 Å². The van der Waals surface area contributed by atoms with Gasteiger partial charge in [0.25, 0.3) is 0 Å². The van der Waals surface area contributed by atoms with Crippen molar-refractivity contribution in [3.63, 3.8) is 0 Å². The van der Waals surface area contributed by atoms with Crippen LogP contribution in [0.1, 0.15) is 44.9 Å². The molecule has 18 heavy (non-hydrogen) atoms. The summed E-state index contributed by atoms with van der Waals surface area (Å²) >= 11 is 0. The van der Waals surface area contributed by atoms with Crippen LogP contribution in [0.15, 0.2) is 0 Å². The van der Waals surface area contributed by atoms with E-state index < -0.39 is 0 Å². The minimum atomic E-state index is 0.396. The highest BCUT2D eigenvalue weighted by atomic mass is 15.1. The van der Waals surface area contributed by atoms with Crippen LogP contribution in [0.5, 0.6) is 0 Å². The molecule has 0 spiro atoms. The molecule has 0 aromatic carbocycles. The fraction of sp³-hybridized carbons (Fsp3) is 0.933. The van der Waals surface area contributed by atoms with Crippen molar-refractivity contribution in [1.29, 1.82) is 5.26 Å². The van der Waals surface area contributed by atoms with Gasteiger partial charge in [-0.1, -0.05) is 0 Å². The topological polar surface area (TPSA) is 39.1 Å². The highest BCUT2D eigenvalue weighted by molar-refractivity contribution is 5.01. The molecule has 0 aromatic heterocycles. The Bertz CT molecular complexity index is 315. The van der Waals surface area contributed by atoms with E-state index >= 15 is 0 Å². The molecular formula is C15H25N3. The Kier molecular flexibility index (Phi) is 3.59. The van der Waals surface area contributed by atoms with Crippen LogP contribution in [-0.4, -0.2) is 37.1 Å². The van der Waals surface area contributed by atoms with Gasteiger partial charge in [0.15, 0.2) is 0 Å². The van der Waals surface area contributed by atoms with Crippen molar-refractivity contribution >= 4 is 0 Å². The molecule has 3 aliphatic rings. The first-order valence-corrected chi connectivity index (χ1v) is 7.64. The number of nitriles is 1. The zero-order chi connectivity index (χ0) is 12.4. The molecule has 3 fully saturated rings. The van der Waals surface area contributed by atoms with Crippen molar-refractivity contribution in [2.45, 2.75) is 51.0 Å². The summed E-state index contributed by atoms with van der Waals surface area (Å²) in [6.45, 7) is 4.94. The largest absolute Gasteiger partial charge is 0.314 e. The third kappa shape index (κ3) is 2.70. The summed E-state index contributed by atoms with van der Waals surface area (Å²) in [4.78, 5) is 2.62. The lowest BCUT2D eigenvalue weighted by atomic mass is 9.88. The molecule has 1 unspecified atom stereocenters.